The summed E-state index contributed by atoms with van der Waals surface area (Å²) in [6.45, 7) is 2.50. The summed E-state index contributed by atoms with van der Waals surface area (Å²) in [6.07, 6.45) is 1.50. The van der Waals surface area contributed by atoms with Gasteiger partial charge < -0.3 is 15.0 Å². The normalized spacial score (nSPS) is 15.9. The molecule has 1 aliphatic heterocycles. The van der Waals surface area contributed by atoms with Gasteiger partial charge in [0.25, 0.3) is 5.91 Å². The Balaban J connectivity index is 1.86. The van der Waals surface area contributed by atoms with Crippen LogP contribution in [0.2, 0.25) is 0 Å². The maximum absolute atomic E-state index is 13.2. The Morgan fingerprint density at radius 3 is 2.72 bits per heavy atom. The molecule has 1 aromatic heterocycles. The Bertz CT molecular complexity index is 780. The Morgan fingerprint density at radius 2 is 2.08 bits per heavy atom. The van der Waals surface area contributed by atoms with Crippen molar-refractivity contribution in [3.8, 4) is 0 Å². The van der Waals surface area contributed by atoms with Gasteiger partial charge in [-0.15, -0.1) is 0 Å². The molecule has 25 heavy (non-hydrogen) atoms. The number of aliphatic carboxylic acids is 1. The van der Waals surface area contributed by atoms with Crippen molar-refractivity contribution < 1.29 is 19.1 Å². The molecule has 0 spiro atoms. The van der Waals surface area contributed by atoms with Crippen LogP contribution in [-0.2, 0) is 22.6 Å². The second-order valence-corrected chi connectivity index (χ2v) is 7.43. The molecule has 1 aromatic carbocycles. The lowest BCUT2D eigenvalue weighted by atomic mass is 9.88. The Hall–Kier alpha value is -2.28. The molecule has 2 aromatic rings. The minimum atomic E-state index is -1.13. The molecule has 3 rings (SSSR count). The van der Waals surface area contributed by atoms with E-state index in [9.17, 15) is 19.1 Å². The Morgan fingerprint density at radius 1 is 1.36 bits per heavy atom. The lowest BCUT2D eigenvalue weighted by Crippen LogP contribution is -2.45. The number of carboxylic acid groups (broad SMARTS) is 1. The van der Waals surface area contributed by atoms with Crippen molar-refractivity contribution in [3.63, 3.8) is 0 Å². The van der Waals surface area contributed by atoms with E-state index in [1.54, 1.807) is 13.1 Å². The summed E-state index contributed by atoms with van der Waals surface area (Å²) in [7, 11) is 0. The van der Waals surface area contributed by atoms with Gasteiger partial charge in [0.2, 0.25) is 0 Å². The zero-order valence-electron chi connectivity index (χ0n) is 13.8. The minimum absolute atomic E-state index is 0.298. The molecule has 1 amide bonds. The lowest BCUT2D eigenvalue weighted by Gasteiger charge is -2.30. The van der Waals surface area contributed by atoms with Crippen molar-refractivity contribution in [2.45, 2.75) is 31.2 Å². The summed E-state index contributed by atoms with van der Waals surface area (Å²) in [5.41, 5.74) is 1.01. The number of amides is 1. The van der Waals surface area contributed by atoms with E-state index >= 15 is 0 Å². The summed E-state index contributed by atoms with van der Waals surface area (Å²) < 4.78 is 15.2. The lowest BCUT2D eigenvalue weighted by molar-refractivity contribution is -0.138. The topological polar surface area (TPSA) is 71.3 Å². The van der Waals surface area contributed by atoms with Gasteiger partial charge in [0, 0.05) is 29.9 Å². The number of rotatable bonds is 5. The number of halogens is 1. The fourth-order valence-electron chi connectivity index (χ4n) is 3.01. The van der Waals surface area contributed by atoms with Crippen LogP contribution in [0.3, 0.4) is 0 Å². The molecular formula is C18H19FN2O3S. The number of nitrogens with zero attached hydrogens (tertiary/aromatic N) is 1. The highest BCUT2D eigenvalue weighted by molar-refractivity contribution is 7.98. The highest BCUT2D eigenvalue weighted by atomic mass is 32.2. The maximum atomic E-state index is 13.2. The minimum Gasteiger partial charge on any atom is -0.481 e. The summed E-state index contributed by atoms with van der Waals surface area (Å²) in [4.78, 5) is 24.0. The smallest absolute Gasteiger partial charge is 0.306 e. The van der Waals surface area contributed by atoms with Crippen LogP contribution in [0.25, 0.3) is 0 Å². The van der Waals surface area contributed by atoms with E-state index < -0.39 is 17.3 Å². The molecule has 2 N–H and O–H groups in total. The van der Waals surface area contributed by atoms with Crippen LogP contribution >= 0.6 is 11.8 Å². The van der Waals surface area contributed by atoms with Gasteiger partial charge in [-0.25, -0.2) is 4.39 Å². The zero-order chi connectivity index (χ0) is 18.0. The molecule has 1 atom stereocenters. The van der Waals surface area contributed by atoms with Gasteiger partial charge in [-0.05, 0) is 30.7 Å². The van der Waals surface area contributed by atoms with Gasteiger partial charge in [0.05, 0.1) is 17.5 Å². The number of fused-ring (bicyclic) bond motifs is 1. The standard InChI is InChI=1S/C18H19FN2O3S/c1-18(9-16(22)23,13-2-4-14(19)5-3-13)20-17(24)12-8-15-11-25-7-6-21(15)10-12/h2-5,8,10H,6-7,9,11H2,1H3,(H,20,24)(H,22,23). The van der Waals surface area contributed by atoms with Gasteiger partial charge >= 0.3 is 5.97 Å². The molecule has 5 nitrogen and oxygen atoms in total. The van der Waals surface area contributed by atoms with Gasteiger partial charge in [0.15, 0.2) is 0 Å². The highest BCUT2D eigenvalue weighted by Gasteiger charge is 2.32. The van der Waals surface area contributed by atoms with Crippen molar-refractivity contribution >= 4 is 23.6 Å². The maximum Gasteiger partial charge on any atom is 0.306 e. The second-order valence-electron chi connectivity index (χ2n) is 6.33. The largest absolute Gasteiger partial charge is 0.481 e. The monoisotopic (exact) mass is 362 g/mol. The van der Waals surface area contributed by atoms with Gasteiger partial charge in [-0.2, -0.15) is 11.8 Å². The van der Waals surface area contributed by atoms with Crippen molar-refractivity contribution in [2.75, 3.05) is 5.75 Å². The number of carbonyl (C=O) groups is 2. The van der Waals surface area contributed by atoms with E-state index in [1.807, 2.05) is 17.8 Å². The number of aromatic nitrogens is 1. The Kier molecular flexibility index (Phi) is 4.85. The molecule has 0 bridgehead atoms. The second kappa shape index (κ2) is 6.92. The van der Waals surface area contributed by atoms with Gasteiger partial charge in [-0.3, -0.25) is 9.59 Å². The van der Waals surface area contributed by atoms with E-state index in [1.165, 1.54) is 24.3 Å². The molecule has 0 fully saturated rings. The van der Waals surface area contributed by atoms with Crippen molar-refractivity contribution in [3.05, 3.63) is 59.2 Å². The SMILES string of the molecule is CC(CC(=O)O)(NC(=O)c1cc2n(c1)CCSC2)c1ccc(F)cc1. The molecule has 2 heterocycles. The first-order chi connectivity index (χ1) is 11.9. The Labute approximate surface area is 149 Å². The molecule has 0 aliphatic carbocycles. The van der Waals surface area contributed by atoms with Crippen LogP contribution in [0.1, 0.15) is 35.0 Å². The summed E-state index contributed by atoms with van der Waals surface area (Å²) in [6, 6.07) is 7.36. The number of hydrogen-bond acceptors (Lipinski definition) is 3. The number of thioether (sulfide) groups is 1. The van der Waals surface area contributed by atoms with Crippen LogP contribution in [0.4, 0.5) is 4.39 Å². The van der Waals surface area contributed by atoms with Crippen LogP contribution in [0.5, 0.6) is 0 Å². The molecule has 0 radical (unpaired) electrons. The third kappa shape index (κ3) is 3.87. The van der Waals surface area contributed by atoms with Crippen LogP contribution < -0.4 is 5.32 Å². The molecule has 7 heteroatoms. The first-order valence-corrected chi connectivity index (χ1v) is 9.10. The number of aryl methyl sites for hydroxylation is 1. The average molecular weight is 362 g/mol. The third-order valence-corrected chi connectivity index (χ3v) is 5.32. The number of nitrogens with one attached hydrogen (secondary N) is 1. The van der Waals surface area contributed by atoms with E-state index in [2.05, 4.69) is 9.88 Å². The third-order valence-electron chi connectivity index (χ3n) is 4.35. The fourth-order valence-corrected chi connectivity index (χ4v) is 3.94. The van der Waals surface area contributed by atoms with Crippen LogP contribution in [0, 0.1) is 5.82 Å². The molecule has 0 saturated heterocycles. The summed E-state index contributed by atoms with van der Waals surface area (Å²) >= 11 is 1.82. The number of carboxylic acids is 1. The van der Waals surface area contributed by atoms with E-state index in [-0.39, 0.29) is 12.3 Å². The molecule has 132 valence electrons. The van der Waals surface area contributed by atoms with Crippen molar-refractivity contribution in [1.82, 2.24) is 9.88 Å². The number of benzene rings is 1. The quantitative estimate of drug-likeness (QED) is 0.858. The fraction of sp³-hybridized carbons (Fsp3) is 0.333. The number of carbonyl (C=O) groups excluding carboxylic acids is 1. The number of hydrogen-bond donors (Lipinski definition) is 2. The average Bonchev–Trinajstić information content (AvgIpc) is 2.98. The summed E-state index contributed by atoms with van der Waals surface area (Å²) in [5, 5.41) is 12.1. The summed E-state index contributed by atoms with van der Waals surface area (Å²) in [5.74, 6) is 0.0807. The van der Waals surface area contributed by atoms with Crippen molar-refractivity contribution in [1.29, 1.82) is 0 Å². The van der Waals surface area contributed by atoms with Gasteiger partial charge in [0.1, 0.15) is 5.82 Å². The zero-order valence-corrected chi connectivity index (χ0v) is 14.6. The molecular weight excluding hydrogens is 343 g/mol. The predicted octanol–water partition coefficient (Wildman–Crippen LogP) is 2.99. The van der Waals surface area contributed by atoms with Crippen LogP contribution in [0.15, 0.2) is 36.5 Å². The molecule has 1 aliphatic rings. The van der Waals surface area contributed by atoms with Crippen LogP contribution in [-0.4, -0.2) is 27.3 Å². The van der Waals surface area contributed by atoms with Crippen molar-refractivity contribution in [2.24, 2.45) is 0 Å². The van der Waals surface area contributed by atoms with E-state index in [0.29, 0.717) is 11.1 Å². The van der Waals surface area contributed by atoms with E-state index in [0.717, 1.165) is 23.7 Å². The highest BCUT2D eigenvalue weighted by Crippen LogP contribution is 2.27. The molecule has 1 unspecified atom stereocenters. The molecule has 0 saturated carbocycles. The first-order valence-electron chi connectivity index (χ1n) is 7.94. The van der Waals surface area contributed by atoms with E-state index in [4.69, 9.17) is 0 Å². The predicted molar refractivity (Wildman–Crippen MR) is 94.1 cm³/mol. The van der Waals surface area contributed by atoms with Gasteiger partial charge in [-0.1, -0.05) is 12.1 Å². The first kappa shape index (κ1) is 17.5.